The molecule has 0 radical (unpaired) electrons. The fourth-order valence-corrected chi connectivity index (χ4v) is 5.44. The zero-order chi connectivity index (χ0) is 23.1. The molecule has 0 aliphatic carbocycles. The molecule has 172 valence electrons. The van der Waals surface area contributed by atoms with E-state index in [9.17, 15) is 38.4 Å². The molecule has 2 unspecified atom stereocenters. The van der Waals surface area contributed by atoms with Gasteiger partial charge in [0.1, 0.15) is 18.3 Å². The topological polar surface area (TPSA) is 264 Å². The lowest BCUT2D eigenvalue weighted by Gasteiger charge is -2.19. The monoisotopic (exact) mass is 498 g/mol. The maximum Gasteiger partial charge on any atom is 0.490 e. The minimum Gasteiger partial charge on any atom is -0.387 e. The molecule has 17 nitrogen and oxygen atoms in total. The number of hydrogen-bond donors (Lipinski definition) is 7. The highest BCUT2D eigenvalue weighted by atomic mass is 31.3. The van der Waals surface area contributed by atoms with E-state index in [1.54, 1.807) is 0 Å². The Balaban J connectivity index is 2.11. The third-order valence-corrected chi connectivity index (χ3v) is 7.31. The van der Waals surface area contributed by atoms with E-state index >= 15 is 0 Å². The predicted octanol–water partition coefficient (Wildman–Crippen LogP) is -2.19. The lowest BCUT2D eigenvalue weighted by atomic mass is 10.1. The van der Waals surface area contributed by atoms with Gasteiger partial charge in [-0.15, -0.1) is 0 Å². The molecule has 0 bridgehead atoms. The van der Waals surface area contributed by atoms with Crippen molar-refractivity contribution in [3.63, 3.8) is 0 Å². The first kappa shape index (κ1) is 25.2. The first-order valence-corrected chi connectivity index (χ1v) is 12.2. The largest absolute Gasteiger partial charge is 0.490 e. The number of aromatic amines is 1. The van der Waals surface area contributed by atoms with Crippen molar-refractivity contribution in [3.8, 4) is 0 Å². The van der Waals surface area contributed by atoms with Crippen molar-refractivity contribution in [2.24, 2.45) is 0 Å². The van der Waals surface area contributed by atoms with E-state index in [-0.39, 0.29) is 5.69 Å². The quantitative estimate of drug-likeness (QED) is 0.188. The summed E-state index contributed by atoms with van der Waals surface area (Å²) >= 11 is 0. The second kappa shape index (κ2) is 8.84. The van der Waals surface area contributed by atoms with Crippen LogP contribution < -0.4 is 11.2 Å². The van der Waals surface area contributed by atoms with Gasteiger partial charge >= 0.3 is 29.2 Å². The summed E-state index contributed by atoms with van der Waals surface area (Å²) < 4.78 is 50.4. The Bertz CT molecular complexity index is 1010. The van der Waals surface area contributed by atoms with E-state index in [0.29, 0.717) is 4.57 Å². The lowest BCUT2D eigenvalue weighted by Crippen LogP contribution is -2.42. The van der Waals surface area contributed by atoms with E-state index in [4.69, 9.17) is 19.4 Å². The second-order valence-electron chi connectivity index (χ2n) is 5.90. The van der Waals surface area contributed by atoms with Gasteiger partial charge in [0.2, 0.25) is 0 Å². The molecule has 1 fully saturated rings. The fraction of sp³-hybridized carbons (Fsp3) is 0.600. The Kier molecular flexibility index (Phi) is 7.44. The molecule has 1 aromatic rings. The molecule has 0 aromatic carbocycles. The first-order valence-electron chi connectivity index (χ1n) is 7.64. The van der Waals surface area contributed by atoms with E-state index in [1.165, 1.54) is 6.92 Å². The molecule has 0 saturated carbocycles. The maximum absolute atomic E-state index is 12.0. The van der Waals surface area contributed by atoms with Crippen LogP contribution in [0.1, 0.15) is 11.9 Å². The number of nitrogens with zero attached hydrogens (tertiary/aromatic N) is 1. The summed E-state index contributed by atoms with van der Waals surface area (Å²) in [5, 5.41) is 20.0. The predicted molar refractivity (Wildman–Crippen MR) is 91.8 cm³/mol. The van der Waals surface area contributed by atoms with E-state index in [2.05, 4.69) is 18.1 Å². The summed E-state index contributed by atoms with van der Waals surface area (Å²) in [6.07, 6.45) is -7.07. The van der Waals surface area contributed by atoms with Crippen LogP contribution in [-0.2, 0) is 31.6 Å². The van der Waals surface area contributed by atoms with Crippen LogP contribution in [0.15, 0.2) is 15.7 Å². The molecular weight excluding hydrogens is 481 g/mol. The molecule has 0 spiro atoms. The average Bonchev–Trinajstić information content (AvgIpc) is 2.77. The van der Waals surface area contributed by atoms with Crippen molar-refractivity contribution in [2.75, 3.05) is 6.61 Å². The maximum atomic E-state index is 12.0. The number of aliphatic hydroxyl groups is 2. The van der Waals surface area contributed by atoms with Crippen molar-refractivity contribution >= 4 is 23.5 Å². The number of nitrogens with one attached hydrogen (secondary N) is 1. The van der Waals surface area contributed by atoms with Gasteiger partial charge in [0.05, 0.1) is 6.61 Å². The first-order chi connectivity index (χ1) is 13.5. The van der Waals surface area contributed by atoms with Crippen LogP contribution in [0.2, 0.25) is 0 Å². The highest BCUT2D eigenvalue weighted by Crippen LogP contribution is 2.66. The molecule has 1 saturated heterocycles. The number of hydrogen-bond acceptors (Lipinski definition) is 11. The number of phosphoric ester groups is 1. The van der Waals surface area contributed by atoms with Crippen LogP contribution in [0, 0.1) is 6.92 Å². The molecule has 6 atom stereocenters. The standard InChI is InChI=1S/C10H17N2O15P3/c1-4-2-6(13)12(10(16)11-4)9-8(15)7(14)5(25-9)3-24-29(20,21)27-30(22,23)26-28(17,18)19/h2,5,7-9,14-15H,3H2,1H3,(H,11,16)(H,20,21)(H,22,23)(H2,17,18,19)/t5-,7-,8-,9-/m1/s1. The van der Waals surface area contributed by atoms with Gasteiger partial charge in [-0.3, -0.25) is 9.32 Å². The van der Waals surface area contributed by atoms with E-state index in [0.717, 1.165) is 6.07 Å². The molecular formula is C10H17N2O15P3. The van der Waals surface area contributed by atoms with Gasteiger partial charge in [0, 0.05) is 11.8 Å². The molecule has 1 aliphatic rings. The molecule has 7 N–H and O–H groups in total. The zero-order valence-corrected chi connectivity index (χ0v) is 17.4. The van der Waals surface area contributed by atoms with Gasteiger partial charge < -0.3 is 39.5 Å². The van der Waals surface area contributed by atoms with Crippen molar-refractivity contribution in [1.82, 2.24) is 9.55 Å². The van der Waals surface area contributed by atoms with Crippen molar-refractivity contribution in [2.45, 2.75) is 31.5 Å². The number of aromatic nitrogens is 2. The second-order valence-corrected chi connectivity index (χ2v) is 10.3. The number of phosphoric acid groups is 3. The van der Waals surface area contributed by atoms with Crippen molar-refractivity contribution in [1.29, 1.82) is 0 Å². The van der Waals surface area contributed by atoms with Crippen molar-refractivity contribution < 1.29 is 61.4 Å². The summed E-state index contributed by atoms with van der Waals surface area (Å²) in [7, 11) is -16.8. The van der Waals surface area contributed by atoms with Gasteiger partial charge in [0.25, 0.3) is 5.56 Å². The SMILES string of the molecule is Cc1cc(=O)n([C@@H]2O[C@H](COP(=O)(O)OP(=O)(O)OP(=O)(O)O)[C@@H](O)[C@H]2O)c(=O)[nH]1. The van der Waals surface area contributed by atoms with Crippen LogP contribution in [0.25, 0.3) is 0 Å². The molecule has 2 rings (SSSR count). The Morgan fingerprint density at radius 3 is 2.20 bits per heavy atom. The van der Waals surface area contributed by atoms with Gasteiger partial charge in [-0.25, -0.2) is 23.1 Å². The minimum absolute atomic E-state index is 0.207. The van der Waals surface area contributed by atoms with Gasteiger partial charge in [-0.1, -0.05) is 0 Å². The molecule has 0 amide bonds. The van der Waals surface area contributed by atoms with Crippen LogP contribution in [0.4, 0.5) is 0 Å². The fourth-order valence-electron chi connectivity index (χ4n) is 2.41. The Hall–Kier alpha value is -1.03. The van der Waals surface area contributed by atoms with E-state index in [1.807, 2.05) is 0 Å². The highest BCUT2D eigenvalue weighted by molar-refractivity contribution is 7.66. The molecule has 1 aliphatic heterocycles. The van der Waals surface area contributed by atoms with E-state index < -0.39 is 65.9 Å². The number of rotatable bonds is 8. The number of ether oxygens (including phenoxy) is 1. The van der Waals surface area contributed by atoms with Crippen LogP contribution in [0.3, 0.4) is 0 Å². The zero-order valence-electron chi connectivity index (χ0n) is 14.7. The summed E-state index contributed by atoms with van der Waals surface area (Å²) in [5.41, 5.74) is -1.66. The smallest absolute Gasteiger partial charge is 0.387 e. The molecule has 20 heteroatoms. The Labute approximate surface area is 165 Å². The third-order valence-electron chi connectivity index (χ3n) is 3.51. The van der Waals surface area contributed by atoms with Gasteiger partial charge in [0.15, 0.2) is 6.23 Å². The number of aryl methyl sites for hydroxylation is 1. The summed E-state index contributed by atoms with van der Waals surface area (Å²) in [5.74, 6) is 0. The summed E-state index contributed by atoms with van der Waals surface area (Å²) in [4.78, 5) is 61.6. The summed E-state index contributed by atoms with van der Waals surface area (Å²) in [6, 6.07) is 1.00. The van der Waals surface area contributed by atoms with Crippen LogP contribution in [0.5, 0.6) is 0 Å². The molecule has 30 heavy (non-hydrogen) atoms. The Morgan fingerprint density at radius 1 is 1.07 bits per heavy atom. The third kappa shape index (κ3) is 6.48. The lowest BCUT2D eigenvalue weighted by molar-refractivity contribution is -0.0557. The van der Waals surface area contributed by atoms with Crippen LogP contribution in [-0.4, -0.2) is 64.3 Å². The molecule has 2 heterocycles. The van der Waals surface area contributed by atoms with Gasteiger partial charge in [-0.2, -0.15) is 8.62 Å². The highest BCUT2D eigenvalue weighted by Gasteiger charge is 2.47. The van der Waals surface area contributed by atoms with Crippen molar-refractivity contribution in [3.05, 3.63) is 32.6 Å². The molecule has 1 aromatic heterocycles. The van der Waals surface area contributed by atoms with Gasteiger partial charge in [-0.05, 0) is 6.92 Å². The average molecular weight is 498 g/mol. The minimum atomic E-state index is -5.75. The normalized spacial score (nSPS) is 28.8. The number of aliphatic hydroxyl groups excluding tert-OH is 2. The number of H-pyrrole nitrogens is 1. The van der Waals surface area contributed by atoms with Crippen LogP contribution >= 0.6 is 23.5 Å². The Morgan fingerprint density at radius 2 is 1.67 bits per heavy atom. The summed E-state index contributed by atoms with van der Waals surface area (Å²) in [6.45, 7) is 0.330.